The summed E-state index contributed by atoms with van der Waals surface area (Å²) in [6.45, 7) is 4.90. The summed E-state index contributed by atoms with van der Waals surface area (Å²) in [7, 11) is 1.96. The number of nitrogens with two attached hydrogens (primary N) is 1. The molecule has 0 radical (unpaired) electrons. The van der Waals surface area contributed by atoms with Crippen LogP contribution in [-0.4, -0.2) is 35.5 Å². The molecule has 0 aliphatic heterocycles. The smallest absolute Gasteiger partial charge is 0.191 e. The second-order valence-corrected chi connectivity index (χ2v) is 4.11. The molecule has 0 atom stereocenters. The fraction of sp³-hybridized carbons (Fsp3) is 0.500. The number of hydrogen-bond acceptors (Lipinski definition) is 2. The van der Waals surface area contributed by atoms with Gasteiger partial charge in [-0.05, 0) is 38.0 Å². The van der Waals surface area contributed by atoms with Crippen molar-refractivity contribution in [3.8, 4) is 0 Å². The van der Waals surface area contributed by atoms with Crippen molar-refractivity contribution in [3.63, 3.8) is 0 Å². The summed E-state index contributed by atoms with van der Waals surface area (Å²) in [5.41, 5.74) is 7.11. The number of guanidine groups is 1. The van der Waals surface area contributed by atoms with Gasteiger partial charge in [0, 0.05) is 32.0 Å². The highest BCUT2D eigenvalue weighted by molar-refractivity contribution is 5.77. The first-order valence-corrected chi connectivity index (χ1v) is 5.53. The molecule has 0 bridgehead atoms. The summed E-state index contributed by atoms with van der Waals surface area (Å²) < 4.78 is 0. The number of rotatable bonds is 4. The summed E-state index contributed by atoms with van der Waals surface area (Å²) in [6.07, 6.45) is 4.56. The molecule has 16 heavy (non-hydrogen) atoms. The lowest BCUT2D eigenvalue weighted by atomic mass is 10.2. The van der Waals surface area contributed by atoms with Crippen LogP contribution in [0.2, 0.25) is 0 Å². The molecule has 0 amide bonds. The lowest BCUT2D eigenvalue weighted by Gasteiger charge is -2.18. The van der Waals surface area contributed by atoms with Gasteiger partial charge in [0.1, 0.15) is 0 Å². The topological polar surface area (TPSA) is 54.5 Å². The van der Waals surface area contributed by atoms with Crippen molar-refractivity contribution in [1.82, 2.24) is 9.88 Å². The SMILES string of the molecule is CC(C)N=C(N)N(C)CCc1ccncc1. The van der Waals surface area contributed by atoms with E-state index in [0.29, 0.717) is 5.96 Å². The Hall–Kier alpha value is -1.58. The van der Waals surface area contributed by atoms with Gasteiger partial charge in [0.2, 0.25) is 0 Å². The van der Waals surface area contributed by atoms with Crippen LogP contribution in [-0.2, 0) is 6.42 Å². The van der Waals surface area contributed by atoms with E-state index in [1.54, 1.807) is 12.4 Å². The van der Waals surface area contributed by atoms with E-state index >= 15 is 0 Å². The van der Waals surface area contributed by atoms with E-state index in [1.165, 1.54) is 5.56 Å². The van der Waals surface area contributed by atoms with Crippen molar-refractivity contribution in [2.24, 2.45) is 10.7 Å². The van der Waals surface area contributed by atoms with E-state index in [4.69, 9.17) is 5.73 Å². The van der Waals surface area contributed by atoms with Crippen LogP contribution in [0.4, 0.5) is 0 Å². The van der Waals surface area contributed by atoms with E-state index in [1.807, 2.05) is 37.9 Å². The molecule has 1 aromatic rings. The highest BCUT2D eigenvalue weighted by atomic mass is 15.2. The van der Waals surface area contributed by atoms with Gasteiger partial charge >= 0.3 is 0 Å². The lowest BCUT2D eigenvalue weighted by molar-refractivity contribution is 0.497. The average Bonchev–Trinajstić information content (AvgIpc) is 2.26. The van der Waals surface area contributed by atoms with E-state index in [2.05, 4.69) is 9.98 Å². The van der Waals surface area contributed by atoms with Crippen molar-refractivity contribution in [1.29, 1.82) is 0 Å². The summed E-state index contributed by atoms with van der Waals surface area (Å²) in [5, 5.41) is 0. The molecule has 0 saturated heterocycles. The molecule has 0 spiro atoms. The number of hydrogen-bond donors (Lipinski definition) is 1. The van der Waals surface area contributed by atoms with Crippen LogP contribution in [0.1, 0.15) is 19.4 Å². The predicted octanol–water partition coefficient (Wildman–Crippen LogP) is 1.28. The van der Waals surface area contributed by atoms with Crippen molar-refractivity contribution in [3.05, 3.63) is 30.1 Å². The molecule has 1 heterocycles. The third-order valence-corrected chi connectivity index (χ3v) is 2.27. The zero-order valence-corrected chi connectivity index (χ0v) is 10.2. The zero-order chi connectivity index (χ0) is 12.0. The number of aliphatic imine (C=N–C) groups is 1. The molecule has 0 aliphatic carbocycles. The van der Waals surface area contributed by atoms with E-state index in [9.17, 15) is 0 Å². The van der Waals surface area contributed by atoms with Gasteiger partial charge in [-0.25, -0.2) is 0 Å². The predicted molar refractivity (Wildman–Crippen MR) is 67.3 cm³/mol. The summed E-state index contributed by atoms with van der Waals surface area (Å²) in [4.78, 5) is 10.3. The van der Waals surface area contributed by atoms with Crippen LogP contribution in [0.5, 0.6) is 0 Å². The van der Waals surface area contributed by atoms with Crippen molar-refractivity contribution in [2.75, 3.05) is 13.6 Å². The van der Waals surface area contributed by atoms with Crippen LogP contribution in [0.15, 0.2) is 29.5 Å². The minimum Gasteiger partial charge on any atom is -0.370 e. The van der Waals surface area contributed by atoms with Gasteiger partial charge in [-0.2, -0.15) is 0 Å². The molecule has 1 aromatic heterocycles. The lowest BCUT2D eigenvalue weighted by Crippen LogP contribution is -2.36. The summed E-state index contributed by atoms with van der Waals surface area (Å²) in [6, 6.07) is 4.27. The Morgan fingerprint density at radius 1 is 1.44 bits per heavy atom. The van der Waals surface area contributed by atoms with Crippen molar-refractivity contribution >= 4 is 5.96 Å². The molecule has 88 valence electrons. The van der Waals surface area contributed by atoms with E-state index in [0.717, 1.165) is 13.0 Å². The number of pyridine rings is 1. The molecule has 0 unspecified atom stereocenters. The number of aromatic nitrogens is 1. The molecule has 0 fully saturated rings. The molecule has 0 aliphatic rings. The first kappa shape index (κ1) is 12.5. The average molecular weight is 220 g/mol. The second kappa shape index (κ2) is 6.10. The first-order valence-electron chi connectivity index (χ1n) is 5.53. The molecule has 4 nitrogen and oxygen atoms in total. The largest absolute Gasteiger partial charge is 0.370 e. The number of likely N-dealkylation sites (N-methyl/N-ethyl adjacent to an activating group) is 1. The minimum atomic E-state index is 0.239. The molecular formula is C12H20N4. The Bertz CT molecular complexity index is 332. The van der Waals surface area contributed by atoms with E-state index in [-0.39, 0.29) is 6.04 Å². The molecule has 2 N–H and O–H groups in total. The highest BCUT2D eigenvalue weighted by Gasteiger charge is 2.02. The summed E-state index contributed by atoms with van der Waals surface area (Å²) in [5.74, 6) is 0.601. The zero-order valence-electron chi connectivity index (χ0n) is 10.2. The fourth-order valence-corrected chi connectivity index (χ4v) is 1.32. The molecular weight excluding hydrogens is 200 g/mol. The minimum absolute atomic E-state index is 0.239. The quantitative estimate of drug-likeness (QED) is 0.614. The summed E-state index contributed by atoms with van der Waals surface area (Å²) >= 11 is 0. The van der Waals surface area contributed by atoms with Crippen LogP contribution in [0, 0.1) is 0 Å². The van der Waals surface area contributed by atoms with Gasteiger partial charge in [-0.15, -0.1) is 0 Å². The van der Waals surface area contributed by atoms with Crippen LogP contribution in [0.25, 0.3) is 0 Å². The molecule has 4 heteroatoms. The maximum atomic E-state index is 5.85. The maximum Gasteiger partial charge on any atom is 0.191 e. The Labute approximate surface area is 97.2 Å². The highest BCUT2D eigenvalue weighted by Crippen LogP contribution is 1.99. The Balaban J connectivity index is 2.44. The van der Waals surface area contributed by atoms with Gasteiger partial charge in [0.05, 0.1) is 0 Å². The standard InChI is InChI=1S/C12H20N4/c1-10(2)15-12(13)16(3)9-6-11-4-7-14-8-5-11/h4-5,7-8,10H,6,9H2,1-3H3,(H2,13,15). The first-order chi connectivity index (χ1) is 7.59. The van der Waals surface area contributed by atoms with Gasteiger partial charge < -0.3 is 10.6 Å². The monoisotopic (exact) mass is 220 g/mol. The normalized spacial score (nSPS) is 11.9. The van der Waals surface area contributed by atoms with Gasteiger partial charge in [-0.1, -0.05) is 0 Å². The van der Waals surface area contributed by atoms with Gasteiger partial charge in [0.25, 0.3) is 0 Å². The Morgan fingerprint density at radius 3 is 2.62 bits per heavy atom. The fourth-order valence-electron chi connectivity index (χ4n) is 1.32. The van der Waals surface area contributed by atoms with Crippen LogP contribution < -0.4 is 5.73 Å². The van der Waals surface area contributed by atoms with Crippen LogP contribution >= 0.6 is 0 Å². The maximum absolute atomic E-state index is 5.85. The van der Waals surface area contributed by atoms with E-state index < -0.39 is 0 Å². The van der Waals surface area contributed by atoms with Crippen molar-refractivity contribution < 1.29 is 0 Å². The molecule has 0 aromatic carbocycles. The Kier molecular flexibility index (Phi) is 4.76. The van der Waals surface area contributed by atoms with Gasteiger partial charge in [0.15, 0.2) is 5.96 Å². The molecule has 1 rings (SSSR count). The Morgan fingerprint density at radius 2 is 2.06 bits per heavy atom. The third-order valence-electron chi connectivity index (χ3n) is 2.27. The third kappa shape index (κ3) is 4.29. The van der Waals surface area contributed by atoms with Gasteiger partial charge in [-0.3, -0.25) is 9.98 Å². The van der Waals surface area contributed by atoms with Crippen LogP contribution in [0.3, 0.4) is 0 Å². The number of nitrogens with zero attached hydrogens (tertiary/aromatic N) is 3. The van der Waals surface area contributed by atoms with Crippen molar-refractivity contribution in [2.45, 2.75) is 26.3 Å². The second-order valence-electron chi connectivity index (χ2n) is 4.11. The molecule has 0 saturated carbocycles.